The average Bonchev–Trinajstić information content (AvgIpc) is 2.55. The molecule has 2 nitrogen and oxygen atoms in total. The van der Waals surface area contributed by atoms with Crippen LogP contribution >= 0.6 is 23.4 Å². The van der Waals surface area contributed by atoms with Crippen molar-refractivity contribution >= 4 is 35.3 Å². The maximum absolute atomic E-state index is 12.8. The molecule has 0 fully saturated rings. The molecular formula is C18H17ClFNOS. The summed E-state index contributed by atoms with van der Waals surface area (Å²) in [6.07, 6.45) is 3.11. The number of amides is 1. The Balaban J connectivity index is 1.65. The number of hydrogen-bond acceptors (Lipinski definition) is 2. The van der Waals surface area contributed by atoms with E-state index >= 15 is 0 Å². The molecular weight excluding hydrogens is 333 g/mol. The number of carbonyl (C=O) groups excluding carboxylic acids is 1. The first kappa shape index (κ1) is 17.6. The highest BCUT2D eigenvalue weighted by atomic mass is 35.5. The second-order valence-corrected chi connectivity index (χ2v) is 6.33. The summed E-state index contributed by atoms with van der Waals surface area (Å²) in [5.41, 5.74) is 1.89. The van der Waals surface area contributed by atoms with Crippen LogP contribution in [-0.2, 0) is 10.5 Å². The van der Waals surface area contributed by atoms with Crippen LogP contribution in [0.2, 0.25) is 5.02 Å². The highest BCUT2D eigenvalue weighted by Gasteiger charge is 2.00. The molecule has 2 aromatic carbocycles. The minimum absolute atomic E-state index is 0.160. The molecule has 0 aliphatic rings. The third-order valence-corrected chi connectivity index (χ3v) is 4.43. The lowest BCUT2D eigenvalue weighted by Crippen LogP contribution is -2.23. The summed E-state index contributed by atoms with van der Waals surface area (Å²) in [6, 6.07) is 13.7. The smallest absolute Gasteiger partial charge is 0.244 e. The van der Waals surface area contributed by atoms with Crippen LogP contribution in [-0.4, -0.2) is 18.2 Å². The molecule has 0 saturated carbocycles. The number of halogens is 2. The Bertz CT molecular complexity index is 673. The fourth-order valence-electron chi connectivity index (χ4n) is 1.85. The lowest BCUT2D eigenvalue weighted by molar-refractivity contribution is -0.116. The van der Waals surface area contributed by atoms with E-state index in [-0.39, 0.29) is 11.7 Å². The van der Waals surface area contributed by atoms with E-state index in [0.717, 1.165) is 27.7 Å². The third-order valence-electron chi connectivity index (χ3n) is 3.06. The van der Waals surface area contributed by atoms with E-state index in [1.54, 1.807) is 30.0 Å². The Hall–Kier alpha value is -1.78. The van der Waals surface area contributed by atoms with Crippen molar-refractivity contribution in [3.8, 4) is 0 Å². The van der Waals surface area contributed by atoms with Gasteiger partial charge in [-0.1, -0.05) is 41.9 Å². The second-order valence-electron chi connectivity index (χ2n) is 4.82. The number of rotatable bonds is 7. The topological polar surface area (TPSA) is 29.1 Å². The number of carbonyl (C=O) groups is 1. The van der Waals surface area contributed by atoms with Crippen molar-refractivity contribution < 1.29 is 9.18 Å². The van der Waals surface area contributed by atoms with Gasteiger partial charge in [0, 0.05) is 29.1 Å². The predicted octanol–water partition coefficient (Wildman–Crippen LogP) is 4.54. The van der Waals surface area contributed by atoms with Gasteiger partial charge in [0.1, 0.15) is 5.82 Å². The summed E-state index contributed by atoms with van der Waals surface area (Å²) >= 11 is 7.79. The molecule has 120 valence electrons. The van der Waals surface area contributed by atoms with Gasteiger partial charge in [-0.15, -0.1) is 0 Å². The van der Waals surface area contributed by atoms with Crippen LogP contribution in [0, 0.1) is 5.82 Å². The van der Waals surface area contributed by atoms with E-state index in [4.69, 9.17) is 11.6 Å². The average molecular weight is 350 g/mol. The van der Waals surface area contributed by atoms with Gasteiger partial charge >= 0.3 is 0 Å². The van der Waals surface area contributed by atoms with Crippen LogP contribution in [0.25, 0.3) is 6.08 Å². The van der Waals surface area contributed by atoms with Crippen molar-refractivity contribution in [2.45, 2.75) is 5.75 Å². The summed E-state index contributed by atoms with van der Waals surface area (Å²) in [5, 5.41) is 3.58. The van der Waals surface area contributed by atoms with E-state index in [1.807, 2.05) is 24.3 Å². The molecule has 5 heteroatoms. The molecule has 1 N–H and O–H groups in total. The molecule has 0 radical (unpaired) electrons. The Labute approximate surface area is 144 Å². The molecule has 0 aliphatic carbocycles. The molecule has 0 aromatic heterocycles. The standard InChI is InChI=1S/C18H17ClFNOS/c19-17-4-2-1-3-15(17)13-23-12-11-21-18(22)10-7-14-5-8-16(20)9-6-14/h1-10H,11-13H2,(H,21,22)/b10-7+. The molecule has 23 heavy (non-hydrogen) atoms. The highest BCUT2D eigenvalue weighted by molar-refractivity contribution is 7.98. The number of thioether (sulfide) groups is 1. The molecule has 2 aromatic rings. The van der Waals surface area contributed by atoms with Gasteiger partial charge in [-0.05, 0) is 35.4 Å². The molecule has 0 saturated heterocycles. The van der Waals surface area contributed by atoms with Crippen molar-refractivity contribution in [2.75, 3.05) is 12.3 Å². The molecule has 0 heterocycles. The minimum atomic E-state index is -0.290. The largest absolute Gasteiger partial charge is 0.352 e. The highest BCUT2D eigenvalue weighted by Crippen LogP contribution is 2.20. The van der Waals surface area contributed by atoms with Crippen LogP contribution in [0.3, 0.4) is 0 Å². The van der Waals surface area contributed by atoms with Gasteiger partial charge < -0.3 is 5.32 Å². The summed E-state index contributed by atoms with van der Waals surface area (Å²) in [5.74, 6) is 1.18. The summed E-state index contributed by atoms with van der Waals surface area (Å²) in [7, 11) is 0. The lowest BCUT2D eigenvalue weighted by Gasteiger charge is -2.04. The maximum Gasteiger partial charge on any atom is 0.244 e. The zero-order valence-electron chi connectivity index (χ0n) is 12.5. The van der Waals surface area contributed by atoms with Crippen molar-refractivity contribution in [3.05, 3.63) is 76.6 Å². The van der Waals surface area contributed by atoms with Crippen molar-refractivity contribution in [1.29, 1.82) is 0 Å². The van der Waals surface area contributed by atoms with Gasteiger partial charge in [-0.2, -0.15) is 11.8 Å². The van der Waals surface area contributed by atoms with Gasteiger partial charge in [0.25, 0.3) is 0 Å². The van der Waals surface area contributed by atoms with Crippen molar-refractivity contribution in [3.63, 3.8) is 0 Å². The zero-order chi connectivity index (χ0) is 16.5. The fourth-order valence-corrected chi connectivity index (χ4v) is 2.99. The van der Waals surface area contributed by atoms with Crippen molar-refractivity contribution in [1.82, 2.24) is 5.32 Å². The van der Waals surface area contributed by atoms with E-state index in [0.29, 0.717) is 6.54 Å². The van der Waals surface area contributed by atoms with Crippen LogP contribution in [0.1, 0.15) is 11.1 Å². The second kappa shape index (κ2) is 9.38. The molecule has 0 atom stereocenters. The van der Waals surface area contributed by atoms with Crippen LogP contribution in [0.15, 0.2) is 54.6 Å². The summed E-state index contributed by atoms with van der Waals surface area (Å²) in [6.45, 7) is 0.585. The Morgan fingerprint density at radius 1 is 1.17 bits per heavy atom. The van der Waals surface area contributed by atoms with Gasteiger partial charge in [0.15, 0.2) is 0 Å². The normalized spacial score (nSPS) is 10.9. The minimum Gasteiger partial charge on any atom is -0.352 e. The van der Waals surface area contributed by atoms with Crippen LogP contribution in [0.4, 0.5) is 4.39 Å². The molecule has 0 aliphatic heterocycles. The SMILES string of the molecule is O=C(/C=C/c1ccc(F)cc1)NCCSCc1ccccc1Cl. The summed E-state index contributed by atoms with van der Waals surface area (Å²) < 4.78 is 12.8. The number of nitrogens with one attached hydrogen (secondary N) is 1. The molecule has 0 bridgehead atoms. The first-order valence-electron chi connectivity index (χ1n) is 7.18. The van der Waals surface area contributed by atoms with Crippen LogP contribution in [0.5, 0.6) is 0 Å². The Morgan fingerprint density at radius 3 is 2.65 bits per heavy atom. The number of hydrogen-bond donors (Lipinski definition) is 1. The lowest BCUT2D eigenvalue weighted by atomic mass is 10.2. The monoisotopic (exact) mass is 349 g/mol. The summed E-state index contributed by atoms with van der Waals surface area (Å²) in [4.78, 5) is 11.7. The van der Waals surface area contributed by atoms with Gasteiger partial charge in [0.05, 0.1) is 0 Å². The number of benzene rings is 2. The van der Waals surface area contributed by atoms with Crippen molar-refractivity contribution in [2.24, 2.45) is 0 Å². The van der Waals surface area contributed by atoms with E-state index in [2.05, 4.69) is 5.32 Å². The molecule has 1 amide bonds. The van der Waals surface area contributed by atoms with Gasteiger partial charge in [0.2, 0.25) is 5.91 Å². The van der Waals surface area contributed by atoms with E-state index in [1.165, 1.54) is 18.2 Å². The zero-order valence-corrected chi connectivity index (χ0v) is 14.0. The fraction of sp³-hybridized carbons (Fsp3) is 0.167. The molecule has 2 rings (SSSR count). The third kappa shape index (κ3) is 6.47. The van der Waals surface area contributed by atoms with Gasteiger partial charge in [-0.3, -0.25) is 4.79 Å². The van der Waals surface area contributed by atoms with Crippen LogP contribution < -0.4 is 5.32 Å². The first-order chi connectivity index (χ1) is 11.1. The first-order valence-corrected chi connectivity index (χ1v) is 8.71. The molecule has 0 unspecified atom stereocenters. The Kier molecular flexibility index (Phi) is 7.17. The molecule has 0 spiro atoms. The maximum atomic E-state index is 12.8. The Morgan fingerprint density at radius 2 is 1.91 bits per heavy atom. The van der Waals surface area contributed by atoms with E-state index in [9.17, 15) is 9.18 Å². The van der Waals surface area contributed by atoms with E-state index < -0.39 is 0 Å². The van der Waals surface area contributed by atoms with Gasteiger partial charge in [-0.25, -0.2) is 4.39 Å². The quantitative estimate of drug-likeness (QED) is 0.587. The predicted molar refractivity (Wildman–Crippen MR) is 96.1 cm³/mol.